The van der Waals surface area contributed by atoms with E-state index in [1.54, 1.807) is 0 Å². The van der Waals surface area contributed by atoms with Crippen LogP contribution in [-0.4, -0.2) is 24.8 Å². The van der Waals surface area contributed by atoms with Crippen molar-refractivity contribution in [1.82, 2.24) is 0 Å². The van der Waals surface area contributed by atoms with Gasteiger partial charge in [-0.1, -0.05) is 30.3 Å². The topological polar surface area (TPSA) is 44.8 Å². The molecule has 0 aromatic heterocycles. The Kier molecular flexibility index (Phi) is 2.60. The van der Waals surface area contributed by atoms with Gasteiger partial charge < -0.3 is 14.2 Å². The molecule has 1 aromatic carbocycles. The minimum Gasteiger partial charge on any atom is -0.465 e. The third kappa shape index (κ3) is 1.86. The first-order valence-corrected chi connectivity index (χ1v) is 6.84. The molecular formula is C15H16O4. The van der Waals surface area contributed by atoms with Gasteiger partial charge in [-0.2, -0.15) is 0 Å². The molecule has 1 saturated carbocycles. The maximum atomic E-state index is 11.6. The summed E-state index contributed by atoms with van der Waals surface area (Å²) in [6.07, 6.45) is 1.44. The van der Waals surface area contributed by atoms with Crippen LogP contribution in [0.1, 0.15) is 24.7 Å². The zero-order valence-electron chi connectivity index (χ0n) is 10.5. The number of hydrogen-bond donors (Lipinski definition) is 0. The minimum atomic E-state index is -0.286. The minimum absolute atomic E-state index is 0.0133. The van der Waals surface area contributed by atoms with Gasteiger partial charge in [0, 0.05) is 11.5 Å². The molecule has 0 bridgehead atoms. The summed E-state index contributed by atoms with van der Waals surface area (Å²) >= 11 is 0. The van der Waals surface area contributed by atoms with Crippen molar-refractivity contribution in [3.8, 4) is 0 Å². The maximum Gasteiger partial charge on any atom is 0.309 e. The van der Waals surface area contributed by atoms with Crippen molar-refractivity contribution in [2.75, 3.05) is 6.61 Å². The molecule has 3 aliphatic rings. The molecule has 4 heteroatoms. The summed E-state index contributed by atoms with van der Waals surface area (Å²) in [7, 11) is 0. The maximum absolute atomic E-state index is 11.6. The van der Waals surface area contributed by atoms with E-state index in [-0.39, 0.29) is 30.4 Å². The average molecular weight is 260 g/mol. The van der Waals surface area contributed by atoms with E-state index in [0.29, 0.717) is 12.5 Å². The Morgan fingerprint density at radius 3 is 2.53 bits per heavy atom. The first-order chi connectivity index (χ1) is 9.31. The van der Waals surface area contributed by atoms with Gasteiger partial charge in [0.1, 0.15) is 0 Å². The molecule has 3 fully saturated rings. The molecule has 1 aromatic rings. The van der Waals surface area contributed by atoms with Gasteiger partial charge in [-0.15, -0.1) is 0 Å². The number of benzene rings is 1. The molecule has 100 valence electrons. The number of cyclic esters (lactones) is 1. The number of fused-ring (bicyclic) bond motifs is 2. The molecule has 2 aliphatic heterocycles. The lowest BCUT2D eigenvalue weighted by Gasteiger charge is -2.29. The van der Waals surface area contributed by atoms with Crippen molar-refractivity contribution in [3.05, 3.63) is 35.9 Å². The third-order valence-corrected chi connectivity index (χ3v) is 4.42. The molecule has 4 nitrogen and oxygen atoms in total. The number of carbonyl (C=O) groups excluding carboxylic acids is 1. The molecular weight excluding hydrogens is 244 g/mol. The van der Waals surface area contributed by atoms with Gasteiger partial charge in [0.2, 0.25) is 0 Å². The Balaban J connectivity index is 1.52. The van der Waals surface area contributed by atoms with Crippen molar-refractivity contribution in [1.29, 1.82) is 0 Å². The van der Waals surface area contributed by atoms with Gasteiger partial charge in [-0.3, -0.25) is 4.79 Å². The van der Waals surface area contributed by atoms with E-state index in [1.807, 2.05) is 30.3 Å². The van der Waals surface area contributed by atoms with Crippen LogP contribution in [0.25, 0.3) is 0 Å². The molecule has 19 heavy (non-hydrogen) atoms. The number of hydrogen-bond acceptors (Lipinski definition) is 4. The van der Waals surface area contributed by atoms with Crippen molar-refractivity contribution < 1.29 is 19.0 Å². The summed E-state index contributed by atoms with van der Waals surface area (Å²) < 4.78 is 17.1. The van der Waals surface area contributed by atoms with Crippen LogP contribution in [0, 0.1) is 11.8 Å². The third-order valence-electron chi connectivity index (χ3n) is 4.42. The normalized spacial score (nSPS) is 40.6. The summed E-state index contributed by atoms with van der Waals surface area (Å²) in [6, 6.07) is 9.96. The summed E-state index contributed by atoms with van der Waals surface area (Å²) in [6.45, 7) is 0.548. The summed E-state index contributed by atoms with van der Waals surface area (Å²) in [5.74, 6) is 0.265. The molecule has 0 spiro atoms. The smallest absolute Gasteiger partial charge is 0.309 e. The highest BCUT2D eigenvalue weighted by Gasteiger charge is 2.50. The molecule has 4 rings (SSSR count). The second-order valence-electron chi connectivity index (χ2n) is 5.56. The Hall–Kier alpha value is -1.39. The second-order valence-corrected chi connectivity index (χ2v) is 5.56. The molecule has 2 heterocycles. The SMILES string of the molecule is O=C1OC[C@@H]2C[C@H]3O[C@H](c4ccccc4)O[C@H]3C[C@H]12. The summed E-state index contributed by atoms with van der Waals surface area (Å²) in [5, 5.41) is 0. The van der Waals surface area contributed by atoms with E-state index in [9.17, 15) is 4.79 Å². The Morgan fingerprint density at radius 1 is 1.00 bits per heavy atom. The molecule has 0 unspecified atom stereocenters. The predicted octanol–water partition coefficient (Wildman–Crippen LogP) is 2.05. The number of rotatable bonds is 1. The van der Waals surface area contributed by atoms with Gasteiger partial charge in [0.25, 0.3) is 0 Å². The Labute approximate surface area is 111 Å². The van der Waals surface area contributed by atoms with Crippen LogP contribution in [0.15, 0.2) is 30.3 Å². The quantitative estimate of drug-likeness (QED) is 0.725. The van der Waals surface area contributed by atoms with Crippen molar-refractivity contribution >= 4 is 5.97 Å². The molecule has 1 aliphatic carbocycles. The van der Waals surface area contributed by atoms with Crippen LogP contribution in [0.5, 0.6) is 0 Å². The number of carbonyl (C=O) groups is 1. The number of esters is 1. The molecule has 0 radical (unpaired) electrons. The van der Waals surface area contributed by atoms with E-state index in [2.05, 4.69) is 0 Å². The lowest BCUT2D eigenvalue weighted by atomic mass is 9.78. The predicted molar refractivity (Wildman–Crippen MR) is 66.1 cm³/mol. The Morgan fingerprint density at radius 2 is 1.74 bits per heavy atom. The van der Waals surface area contributed by atoms with E-state index in [4.69, 9.17) is 14.2 Å². The van der Waals surface area contributed by atoms with Crippen LogP contribution < -0.4 is 0 Å². The molecule has 2 saturated heterocycles. The van der Waals surface area contributed by atoms with Crippen LogP contribution in [0.3, 0.4) is 0 Å². The molecule has 0 N–H and O–H groups in total. The van der Waals surface area contributed by atoms with E-state index in [1.165, 1.54) is 0 Å². The fourth-order valence-electron chi connectivity index (χ4n) is 3.38. The Bertz CT molecular complexity index is 486. The fourth-order valence-corrected chi connectivity index (χ4v) is 3.38. The zero-order valence-corrected chi connectivity index (χ0v) is 10.5. The highest BCUT2D eigenvalue weighted by atomic mass is 16.7. The van der Waals surface area contributed by atoms with Gasteiger partial charge in [0.05, 0.1) is 24.7 Å². The lowest BCUT2D eigenvalue weighted by molar-refractivity contribution is -0.142. The monoisotopic (exact) mass is 260 g/mol. The lowest BCUT2D eigenvalue weighted by Crippen LogP contribution is -2.37. The molecule has 0 amide bonds. The second kappa shape index (κ2) is 4.32. The van der Waals surface area contributed by atoms with Crippen LogP contribution in [0.4, 0.5) is 0 Å². The van der Waals surface area contributed by atoms with Gasteiger partial charge in [0.15, 0.2) is 6.29 Å². The highest BCUT2D eigenvalue weighted by molar-refractivity contribution is 5.75. The molecule has 5 atom stereocenters. The van der Waals surface area contributed by atoms with Crippen molar-refractivity contribution in [2.24, 2.45) is 11.8 Å². The summed E-state index contributed by atoms with van der Waals surface area (Å²) in [5.41, 5.74) is 1.05. The first-order valence-electron chi connectivity index (χ1n) is 6.84. The summed E-state index contributed by atoms with van der Waals surface area (Å²) in [4.78, 5) is 11.6. The van der Waals surface area contributed by atoms with Crippen LogP contribution in [-0.2, 0) is 19.0 Å². The zero-order chi connectivity index (χ0) is 12.8. The van der Waals surface area contributed by atoms with E-state index < -0.39 is 0 Å². The van der Waals surface area contributed by atoms with Crippen molar-refractivity contribution in [3.63, 3.8) is 0 Å². The first kappa shape index (κ1) is 11.4. The van der Waals surface area contributed by atoms with E-state index in [0.717, 1.165) is 18.4 Å². The number of ether oxygens (including phenoxy) is 3. The average Bonchev–Trinajstić information content (AvgIpc) is 3.02. The van der Waals surface area contributed by atoms with Crippen LogP contribution >= 0.6 is 0 Å². The van der Waals surface area contributed by atoms with Gasteiger partial charge in [-0.05, 0) is 12.8 Å². The van der Waals surface area contributed by atoms with E-state index >= 15 is 0 Å². The fraction of sp³-hybridized carbons (Fsp3) is 0.533. The van der Waals surface area contributed by atoms with Crippen molar-refractivity contribution in [2.45, 2.75) is 31.3 Å². The highest BCUT2D eigenvalue weighted by Crippen LogP contribution is 2.44. The van der Waals surface area contributed by atoms with Gasteiger partial charge >= 0.3 is 5.97 Å². The standard InChI is InChI=1S/C15H16O4/c16-14-11-7-13-12(6-10(11)8-17-14)18-15(19-13)9-4-2-1-3-5-9/h1-5,10-13,15H,6-8H2/t10-,11-,12+,13-,15-/m0/s1. The van der Waals surface area contributed by atoms with Gasteiger partial charge in [-0.25, -0.2) is 0 Å². The van der Waals surface area contributed by atoms with Crippen LogP contribution in [0.2, 0.25) is 0 Å². The largest absolute Gasteiger partial charge is 0.465 e.